The van der Waals surface area contributed by atoms with E-state index in [4.69, 9.17) is 4.74 Å². The number of methoxy groups -OCH3 is 1. The van der Waals surface area contributed by atoms with Crippen LogP contribution in [0.15, 0.2) is 23.2 Å². The smallest absolute Gasteiger partial charge is 0.252 e. The van der Waals surface area contributed by atoms with Crippen LogP contribution < -0.4 is 4.80 Å². The Kier molecular flexibility index (Phi) is 6.09. The summed E-state index contributed by atoms with van der Waals surface area (Å²) >= 11 is 1.24. The Bertz CT molecular complexity index is 1010. The molecule has 1 aromatic carbocycles. The number of fused-ring (bicyclic) bond motifs is 1. The number of hydrogen-bond acceptors (Lipinski definition) is 5. The standard InChI is InChI=1S/C17H22FN3O4S2/c1-25-9-8-21-14-6-5-13(18)10-15(14)26-17(21)19-16(22)12-4-3-7-20(11-12)27(2,23)24/h5-6,10,12H,3-4,7-9,11H2,1-2H3. The van der Waals surface area contributed by atoms with Crippen molar-refractivity contribution in [3.63, 3.8) is 0 Å². The molecule has 2 heterocycles. The molecule has 2 aromatic rings. The highest BCUT2D eigenvalue weighted by molar-refractivity contribution is 7.88. The van der Waals surface area contributed by atoms with Crippen LogP contribution in [-0.2, 0) is 26.1 Å². The van der Waals surface area contributed by atoms with Crippen LogP contribution >= 0.6 is 11.3 Å². The lowest BCUT2D eigenvalue weighted by molar-refractivity contribution is -0.122. The van der Waals surface area contributed by atoms with Gasteiger partial charge in [0.2, 0.25) is 10.0 Å². The number of carbonyl (C=O) groups is 1. The molecule has 0 saturated carbocycles. The average molecular weight is 416 g/mol. The molecule has 1 aromatic heterocycles. The minimum absolute atomic E-state index is 0.152. The van der Waals surface area contributed by atoms with E-state index in [2.05, 4.69) is 4.99 Å². The summed E-state index contributed by atoms with van der Waals surface area (Å²) in [6, 6.07) is 4.44. The van der Waals surface area contributed by atoms with Crippen molar-refractivity contribution < 1.29 is 22.3 Å². The van der Waals surface area contributed by atoms with Gasteiger partial charge in [-0.2, -0.15) is 4.99 Å². The van der Waals surface area contributed by atoms with Gasteiger partial charge in [-0.3, -0.25) is 4.79 Å². The Morgan fingerprint density at radius 2 is 2.22 bits per heavy atom. The molecule has 1 atom stereocenters. The summed E-state index contributed by atoms with van der Waals surface area (Å²) < 4.78 is 46.1. The maximum atomic E-state index is 13.6. The Labute approximate surface area is 161 Å². The van der Waals surface area contributed by atoms with Crippen molar-refractivity contribution in [1.29, 1.82) is 0 Å². The van der Waals surface area contributed by atoms with Crippen LogP contribution in [0, 0.1) is 11.7 Å². The summed E-state index contributed by atoms with van der Waals surface area (Å²) in [4.78, 5) is 17.4. The van der Waals surface area contributed by atoms with Crippen LogP contribution in [-0.4, -0.2) is 56.3 Å². The first-order valence-corrected chi connectivity index (χ1v) is 11.3. The number of halogens is 1. The Hall–Kier alpha value is -1.62. The molecule has 10 heteroatoms. The molecule has 0 bridgehead atoms. The van der Waals surface area contributed by atoms with Crippen LogP contribution in [0.5, 0.6) is 0 Å². The number of sulfonamides is 1. The highest BCUT2D eigenvalue weighted by Crippen LogP contribution is 2.21. The van der Waals surface area contributed by atoms with Crippen LogP contribution in [0.2, 0.25) is 0 Å². The van der Waals surface area contributed by atoms with E-state index in [1.807, 2.05) is 4.57 Å². The van der Waals surface area contributed by atoms with Gasteiger partial charge in [0.15, 0.2) is 4.80 Å². The number of nitrogens with zero attached hydrogens (tertiary/aromatic N) is 3. The third kappa shape index (κ3) is 4.63. The van der Waals surface area contributed by atoms with Crippen molar-refractivity contribution in [2.24, 2.45) is 10.9 Å². The van der Waals surface area contributed by atoms with Crippen LogP contribution in [0.25, 0.3) is 10.2 Å². The number of benzene rings is 1. The molecule has 0 N–H and O–H groups in total. The summed E-state index contributed by atoms with van der Waals surface area (Å²) in [5.41, 5.74) is 0.784. The fraction of sp³-hybridized carbons (Fsp3) is 0.529. The molecule has 1 unspecified atom stereocenters. The monoisotopic (exact) mass is 415 g/mol. The summed E-state index contributed by atoms with van der Waals surface area (Å²) in [6.07, 6.45) is 2.38. The first-order valence-electron chi connectivity index (χ1n) is 8.61. The number of aromatic nitrogens is 1. The maximum absolute atomic E-state index is 13.6. The van der Waals surface area contributed by atoms with Gasteiger partial charge >= 0.3 is 0 Å². The van der Waals surface area contributed by atoms with Gasteiger partial charge in [-0.05, 0) is 31.0 Å². The average Bonchev–Trinajstić information content (AvgIpc) is 2.95. The molecule has 148 valence electrons. The Morgan fingerprint density at radius 1 is 1.44 bits per heavy atom. The lowest BCUT2D eigenvalue weighted by atomic mass is 9.99. The third-order valence-electron chi connectivity index (χ3n) is 4.57. The molecule has 1 aliphatic rings. The van der Waals surface area contributed by atoms with Crippen molar-refractivity contribution in [3.05, 3.63) is 28.8 Å². The predicted octanol–water partition coefficient (Wildman–Crippen LogP) is 1.59. The van der Waals surface area contributed by atoms with E-state index in [1.54, 1.807) is 13.2 Å². The lowest BCUT2D eigenvalue weighted by Crippen LogP contribution is -2.41. The van der Waals surface area contributed by atoms with E-state index < -0.39 is 15.9 Å². The molecule has 0 aliphatic carbocycles. The van der Waals surface area contributed by atoms with Gasteiger partial charge in [-0.15, -0.1) is 0 Å². The fourth-order valence-corrected chi connectivity index (χ4v) is 5.16. The zero-order valence-electron chi connectivity index (χ0n) is 15.2. The molecule has 1 fully saturated rings. The van der Waals surface area contributed by atoms with E-state index in [0.717, 1.165) is 11.8 Å². The lowest BCUT2D eigenvalue weighted by Gasteiger charge is -2.28. The largest absolute Gasteiger partial charge is 0.383 e. The molecule has 1 saturated heterocycles. The number of hydrogen-bond donors (Lipinski definition) is 0. The maximum Gasteiger partial charge on any atom is 0.252 e. The number of amides is 1. The van der Waals surface area contributed by atoms with Gasteiger partial charge in [0.05, 0.1) is 29.0 Å². The normalized spacial score (nSPS) is 19.7. The van der Waals surface area contributed by atoms with Crippen molar-refractivity contribution in [3.8, 4) is 0 Å². The van der Waals surface area contributed by atoms with E-state index >= 15 is 0 Å². The van der Waals surface area contributed by atoms with Crippen molar-refractivity contribution in [2.75, 3.05) is 33.1 Å². The summed E-state index contributed by atoms with van der Waals surface area (Å²) in [7, 11) is -1.75. The second kappa shape index (κ2) is 8.17. The molecule has 27 heavy (non-hydrogen) atoms. The summed E-state index contributed by atoms with van der Waals surface area (Å²) in [5.74, 6) is -1.16. The van der Waals surface area contributed by atoms with Gasteiger partial charge in [-0.1, -0.05) is 11.3 Å². The number of piperidine rings is 1. The molecule has 0 spiro atoms. The second-order valence-corrected chi connectivity index (χ2v) is 9.54. The number of thiazole rings is 1. The van der Waals surface area contributed by atoms with Gasteiger partial charge in [0.1, 0.15) is 5.82 Å². The highest BCUT2D eigenvalue weighted by Gasteiger charge is 2.30. The first-order chi connectivity index (χ1) is 12.8. The molecule has 1 amide bonds. The minimum Gasteiger partial charge on any atom is -0.383 e. The Balaban J connectivity index is 1.95. The van der Waals surface area contributed by atoms with Crippen LogP contribution in [0.3, 0.4) is 0 Å². The molecule has 1 aliphatic heterocycles. The van der Waals surface area contributed by atoms with E-state index in [1.165, 1.54) is 27.8 Å². The quantitative estimate of drug-likeness (QED) is 0.743. The zero-order valence-corrected chi connectivity index (χ0v) is 16.9. The topological polar surface area (TPSA) is 81.0 Å². The summed E-state index contributed by atoms with van der Waals surface area (Å²) in [5, 5.41) is 0. The van der Waals surface area contributed by atoms with Crippen LogP contribution in [0.1, 0.15) is 12.8 Å². The van der Waals surface area contributed by atoms with E-state index in [9.17, 15) is 17.6 Å². The number of carbonyl (C=O) groups excluding carboxylic acids is 1. The molecular weight excluding hydrogens is 393 g/mol. The Morgan fingerprint density at radius 3 is 2.93 bits per heavy atom. The predicted molar refractivity (Wildman–Crippen MR) is 101 cm³/mol. The van der Waals surface area contributed by atoms with E-state index in [-0.39, 0.29) is 18.3 Å². The highest BCUT2D eigenvalue weighted by atomic mass is 32.2. The molecule has 3 rings (SSSR count). The van der Waals surface area contributed by atoms with Crippen molar-refractivity contribution in [2.45, 2.75) is 19.4 Å². The minimum atomic E-state index is -3.33. The third-order valence-corrected chi connectivity index (χ3v) is 6.88. The van der Waals surface area contributed by atoms with Gasteiger partial charge in [0, 0.05) is 26.7 Å². The zero-order chi connectivity index (χ0) is 19.6. The fourth-order valence-electron chi connectivity index (χ4n) is 3.16. The first kappa shape index (κ1) is 20.1. The molecule has 7 nitrogen and oxygen atoms in total. The number of rotatable bonds is 5. The summed E-state index contributed by atoms with van der Waals surface area (Å²) in [6.45, 7) is 1.49. The van der Waals surface area contributed by atoms with Gasteiger partial charge in [-0.25, -0.2) is 17.1 Å². The van der Waals surface area contributed by atoms with Crippen LogP contribution in [0.4, 0.5) is 4.39 Å². The number of ether oxygens (including phenoxy) is 1. The molecule has 0 radical (unpaired) electrons. The van der Waals surface area contributed by atoms with Crippen molar-refractivity contribution in [1.82, 2.24) is 8.87 Å². The molecular formula is C17H22FN3O4S2. The van der Waals surface area contributed by atoms with Gasteiger partial charge in [0.25, 0.3) is 5.91 Å². The SMILES string of the molecule is COCCn1c(=NC(=O)C2CCCN(S(C)(=O)=O)C2)sc2cc(F)ccc21. The van der Waals surface area contributed by atoms with E-state index in [0.29, 0.717) is 42.0 Å². The van der Waals surface area contributed by atoms with Crippen molar-refractivity contribution >= 4 is 37.5 Å². The second-order valence-electron chi connectivity index (χ2n) is 6.55. The van der Waals surface area contributed by atoms with Gasteiger partial charge < -0.3 is 9.30 Å².